The molecule has 0 amide bonds. The van der Waals surface area contributed by atoms with Crippen LogP contribution in [0.5, 0.6) is 0 Å². The van der Waals surface area contributed by atoms with Crippen LogP contribution in [0, 0.1) is 0 Å². The average Bonchev–Trinajstić information content (AvgIpc) is 4.06. The van der Waals surface area contributed by atoms with Crippen LogP contribution in [-0.4, -0.2) is 49.6 Å². The number of hydrogen-bond acceptors (Lipinski definition) is 2. The highest BCUT2D eigenvalue weighted by Gasteiger charge is 2.18. The van der Waals surface area contributed by atoms with Crippen molar-refractivity contribution < 1.29 is 122 Å². The molecule has 0 saturated heterocycles. The van der Waals surface area contributed by atoms with Crippen LogP contribution < -0.4 is 102 Å². The van der Waals surface area contributed by atoms with E-state index in [1.165, 1.54) is 0 Å². The highest BCUT2D eigenvalue weighted by Crippen LogP contribution is 2.19. The Bertz CT molecular complexity index is 2180. The minimum Gasteiger partial charge on any atom is -1.00 e. The molecule has 0 aliphatic carbocycles. The van der Waals surface area contributed by atoms with Crippen LogP contribution in [0.25, 0.3) is 18.6 Å². The summed E-state index contributed by atoms with van der Waals surface area (Å²) < 4.78 is 24.2. The Morgan fingerprint density at radius 2 is 0.738 bits per heavy atom. The van der Waals surface area contributed by atoms with Crippen molar-refractivity contribution in [2.24, 2.45) is 0 Å². The Morgan fingerprint density at radius 1 is 0.477 bits per heavy atom. The molecule has 364 valence electrons. The normalized spacial score (nSPS) is 11.0. The summed E-state index contributed by atoms with van der Waals surface area (Å²) in [6, 6.07) is 1.27. The van der Waals surface area contributed by atoms with Gasteiger partial charge in [0.2, 0.25) is 38.0 Å². The van der Waals surface area contributed by atoms with E-state index in [1.807, 2.05) is 65.3 Å². The second-order valence-electron chi connectivity index (χ2n) is 14.3. The number of imidazole rings is 6. The number of carbonyl (C=O) groups is 2. The molecule has 0 radical (unpaired) electrons. The number of rotatable bonds is 20. The summed E-state index contributed by atoms with van der Waals surface area (Å²) in [5.41, 5.74) is 0. The lowest BCUT2D eigenvalue weighted by atomic mass is 10.1. The molecule has 3 atom stereocenters. The van der Waals surface area contributed by atoms with E-state index in [1.54, 1.807) is 51.0 Å². The SMILES string of the molecule is C.C=Cn1cc[n+](CC(=O)O)c1.C=Cn1cc[n+](CC[n+]2ccn(C=C)c2)c1.CCC(C)n1cc[n+](CC[n+]2ccn(C(C)CCC(C)n3cc[n+](CC(=O)O)c3)c2)c1.[Cl-].[Cl-].[Cl-].[Cl-].[Cl-].[Cl-]. The Labute approximate surface area is 421 Å². The summed E-state index contributed by atoms with van der Waals surface area (Å²) in [5, 5.41) is 17.3. The van der Waals surface area contributed by atoms with Crippen LogP contribution in [0.4, 0.5) is 0 Å². The second kappa shape index (κ2) is 34.5. The molecule has 16 nitrogen and oxygen atoms in total. The molecule has 0 spiro atoms. The van der Waals surface area contributed by atoms with E-state index in [0.717, 1.165) is 45.4 Å². The summed E-state index contributed by atoms with van der Waals surface area (Å²) in [7, 11) is 0. The number of aryl methyl sites for hydroxylation is 4. The fraction of sp³-hybridized carbons (Fsp3) is 0.395. The van der Waals surface area contributed by atoms with Gasteiger partial charge in [-0.15, -0.1) is 0 Å². The standard InChI is InChI=1S/C23H36N6O2.C12H16N4.C7H8N2O2.CH4.6ClH/c1-5-20(2)27-13-10-24(17-27)8-9-25-11-14-28(18-25)21(3)6-7-22(4)29-15-12-26(19-29)16-23(30)31;1-3-13-5-7-15(11-13)9-10-16-8-6-14(4-2)12-16;1-2-8-3-4-9(6-8)5-7(10)11;;;;;;;/h10-15,17-22H,5-9,16H2,1-4H3;3-8,11-12H,1-2,9-10H2;2-4,6H,1,5H2;1H4;6*1H/q2*+2;;;;;;;;/p-4. The maximum atomic E-state index is 10.9. The summed E-state index contributed by atoms with van der Waals surface area (Å²) in [4.78, 5) is 21.1. The van der Waals surface area contributed by atoms with Crippen molar-refractivity contribution in [2.45, 2.75) is 112 Å². The predicted octanol–water partition coefficient (Wildman–Crippen LogP) is -14.3. The third-order valence-electron chi connectivity index (χ3n) is 9.89. The minimum absolute atomic E-state index is 0. The lowest BCUT2D eigenvalue weighted by Gasteiger charge is -2.11. The number of aromatic nitrogens is 12. The van der Waals surface area contributed by atoms with Crippen LogP contribution in [0.2, 0.25) is 0 Å². The van der Waals surface area contributed by atoms with Gasteiger partial charge in [-0.05, 0) is 40.0 Å². The summed E-state index contributed by atoms with van der Waals surface area (Å²) >= 11 is 0. The molecule has 0 aliphatic rings. The molecular formula is C43H66Cl6N12O4. The first kappa shape index (κ1) is 66.8. The highest BCUT2D eigenvalue weighted by atomic mass is 35.5. The number of halogens is 6. The lowest BCUT2D eigenvalue weighted by molar-refractivity contribution is -0.778. The smallest absolute Gasteiger partial charge is 0.346 e. The van der Waals surface area contributed by atoms with Gasteiger partial charge in [0.25, 0.3) is 0 Å². The van der Waals surface area contributed by atoms with E-state index in [0.29, 0.717) is 18.1 Å². The largest absolute Gasteiger partial charge is 1.00 e. The molecular weight excluding hydrogens is 961 g/mol. The zero-order valence-electron chi connectivity index (χ0n) is 36.7. The van der Waals surface area contributed by atoms with Gasteiger partial charge >= 0.3 is 11.9 Å². The molecule has 6 aromatic heterocycles. The summed E-state index contributed by atoms with van der Waals surface area (Å²) in [5.74, 6) is -1.67. The number of carboxylic acid groups (broad SMARTS) is 2. The third kappa shape index (κ3) is 22.8. The van der Waals surface area contributed by atoms with Crippen LogP contribution in [-0.2, 0) is 48.9 Å². The maximum absolute atomic E-state index is 10.9. The van der Waals surface area contributed by atoms with Gasteiger partial charge in [0.05, 0.1) is 36.7 Å². The van der Waals surface area contributed by atoms with Gasteiger partial charge < -0.3 is 84.7 Å². The molecule has 0 bridgehead atoms. The minimum atomic E-state index is -0.850. The first-order chi connectivity index (χ1) is 27.9. The van der Waals surface area contributed by atoms with Gasteiger partial charge in [0, 0.05) is 0 Å². The average molecular weight is 1030 g/mol. The summed E-state index contributed by atoms with van der Waals surface area (Å²) in [6.45, 7) is 23.6. The fourth-order valence-corrected chi connectivity index (χ4v) is 6.05. The first-order valence-electron chi connectivity index (χ1n) is 19.6. The molecule has 3 unspecified atom stereocenters. The molecule has 0 aromatic carbocycles. The van der Waals surface area contributed by atoms with Gasteiger partial charge in [-0.2, -0.15) is 0 Å². The fourth-order valence-electron chi connectivity index (χ4n) is 6.05. The Morgan fingerprint density at radius 3 is 1.06 bits per heavy atom. The Kier molecular flexibility index (Phi) is 35.4. The second-order valence-corrected chi connectivity index (χ2v) is 14.3. The molecule has 2 N–H and O–H groups in total. The maximum Gasteiger partial charge on any atom is 0.346 e. The van der Waals surface area contributed by atoms with Crippen molar-refractivity contribution in [3.8, 4) is 0 Å². The van der Waals surface area contributed by atoms with E-state index in [9.17, 15) is 9.59 Å². The van der Waals surface area contributed by atoms with E-state index in [4.69, 9.17) is 10.2 Å². The van der Waals surface area contributed by atoms with Crippen molar-refractivity contribution in [3.05, 3.63) is 132 Å². The quantitative estimate of drug-likeness (QED) is 0.0738. The molecule has 6 rings (SSSR count). The van der Waals surface area contributed by atoms with Crippen molar-refractivity contribution in [3.63, 3.8) is 0 Å². The first-order valence-corrected chi connectivity index (χ1v) is 19.6. The highest BCUT2D eigenvalue weighted by molar-refractivity contribution is 5.65. The predicted molar refractivity (Wildman–Crippen MR) is 223 cm³/mol. The number of carboxylic acids is 2. The van der Waals surface area contributed by atoms with Crippen LogP contribution in [0.3, 0.4) is 0 Å². The molecule has 6 aromatic rings. The van der Waals surface area contributed by atoms with Crippen molar-refractivity contribution in [2.75, 3.05) is 0 Å². The number of nitrogens with zero attached hydrogens (tertiary/aromatic N) is 12. The Balaban J connectivity index is -0.000000464. The van der Waals surface area contributed by atoms with Gasteiger partial charge in [-0.3, -0.25) is 0 Å². The van der Waals surface area contributed by atoms with E-state index in [-0.39, 0.29) is 95.0 Å². The van der Waals surface area contributed by atoms with Crippen LogP contribution >= 0.6 is 0 Å². The third-order valence-corrected chi connectivity index (χ3v) is 9.89. The molecule has 65 heavy (non-hydrogen) atoms. The van der Waals surface area contributed by atoms with E-state index in [2.05, 4.69) is 117 Å². The Hall–Kier alpha value is -4.84. The monoisotopic (exact) mass is 1020 g/mol. The zero-order valence-corrected chi connectivity index (χ0v) is 41.2. The topological polar surface area (TPSA) is 127 Å². The van der Waals surface area contributed by atoms with Crippen LogP contribution in [0.1, 0.15) is 72.5 Å². The van der Waals surface area contributed by atoms with Gasteiger partial charge in [-0.1, -0.05) is 34.1 Å². The van der Waals surface area contributed by atoms with Crippen molar-refractivity contribution in [1.82, 2.24) is 27.4 Å². The van der Waals surface area contributed by atoms with E-state index >= 15 is 0 Å². The lowest BCUT2D eigenvalue weighted by Crippen LogP contribution is -3.00. The van der Waals surface area contributed by atoms with Gasteiger partial charge in [-0.25, -0.2) is 64.4 Å². The van der Waals surface area contributed by atoms with Gasteiger partial charge in [0.15, 0.2) is 13.1 Å². The molecule has 22 heteroatoms. The number of hydrogen-bond donors (Lipinski definition) is 2. The van der Waals surface area contributed by atoms with Crippen LogP contribution in [0.15, 0.2) is 132 Å². The van der Waals surface area contributed by atoms with Crippen molar-refractivity contribution >= 4 is 30.5 Å². The molecule has 0 fully saturated rings. The summed E-state index contributed by atoms with van der Waals surface area (Å²) in [6.07, 6.45) is 44.1. The number of aliphatic carboxylic acids is 2. The van der Waals surface area contributed by atoms with Gasteiger partial charge in [0.1, 0.15) is 101 Å². The van der Waals surface area contributed by atoms with Crippen molar-refractivity contribution in [1.29, 1.82) is 0 Å². The molecule has 0 saturated carbocycles. The molecule has 0 aliphatic heterocycles. The van der Waals surface area contributed by atoms with E-state index < -0.39 is 11.9 Å². The zero-order chi connectivity index (χ0) is 42.0. The molecule has 6 heterocycles.